The van der Waals surface area contributed by atoms with E-state index in [1.54, 1.807) is 0 Å². The summed E-state index contributed by atoms with van der Waals surface area (Å²) in [5.41, 5.74) is 2.19. The lowest BCUT2D eigenvalue weighted by molar-refractivity contribution is -0.137. The Morgan fingerprint density at radius 2 is 1.66 bits per heavy atom. The van der Waals surface area contributed by atoms with E-state index < -0.39 is 29.1 Å². The van der Waals surface area contributed by atoms with Gasteiger partial charge in [0.25, 0.3) is 5.91 Å². The van der Waals surface area contributed by atoms with Crippen molar-refractivity contribution in [3.8, 4) is 16.9 Å². The summed E-state index contributed by atoms with van der Waals surface area (Å²) in [6.45, 7) is 0. The average molecular weight is 393 g/mol. The van der Waals surface area contributed by atoms with Crippen molar-refractivity contribution in [2.75, 3.05) is 0 Å². The molecule has 7 nitrogen and oxygen atoms in total. The lowest BCUT2D eigenvalue weighted by atomic mass is 9.99. The second kappa shape index (κ2) is 8.88. The van der Waals surface area contributed by atoms with Gasteiger partial charge in [-0.05, 0) is 23.1 Å². The van der Waals surface area contributed by atoms with Gasteiger partial charge in [-0.2, -0.15) is 0 Å². The van der Waals surface area contributed by atoms with Crippen LogP contribution in [-0.2, 0) is 11.2 Å². The van der Waals surface area contributed by atoms with E-state index in [4.69, 9.17) is 9.52 Å². The van der Waals surface area contributed by atoms with Gasteiger partial charge in [0.2, 0.25) is 5.43 Å². The molecule has 0 radical (unpaired) electrons. The number of benzene rings is 2. The highest BCUT2D eigenvalue weighted by Gasteiger charge is 2.20. The summed E-state index contributed by atoms with van der Waals surface area (Å²) >= 11 is 0. The highest BCUT2D eigenvalue weighted by Crippen LogP contribution is 2.20. The lowest BCUT2D eigenvalue weighted by Crippen LogP contribution is -2.38. The summed E-state index contributed by atoms with van der Waals surface area (Å²) < 4.78 is 4.91. The van der Waals surface area contributed by atoms with Crippen LogP contribution in [0.2, 0.25) is 0 Å². The molecule has 29 heavy (non-hydrogen) atoms. The van der Waals surface area contributed by atoms with Crippen LogP contribution in [0.15, 0.2) is 76.1 Å². The molecule has 1 heterocycles. The van der Waals surface area contributed by atoms with Gasteiger partial charge >= 0.3 is 5.97 Å². The third-order valence-electron chi connectivity index (χ3n) is 4.34. The van der Waals surface area contributed by atoms with E-state index in [-0.39, 0.29) is 18.6 Å². The van der Waals surface area contributed by atoms with Gasteiger partial charge in [0.05, 0.1) is 6.42 Å². The van der Waals surface area contributed by atoms with Gasteiger partial charge in [-0.15, -0.1) is 0 Å². The zero-order valence-corrected chi connectivity index (χ0v) is 15.4. The van der Waals surface area contributed by atoms with E-state index in [1.165, 1.54) is 0 Å². The highest BCUT2D eigenvalue weighted by molar-refractivity contribution is 5.91. The maximum atomic E-state index is 12.3. The zero-order valence-electron chi connectivity index (χ0n) is 15.4. The number of aliphatic carboxylic acids is 1. The van der Waals surface area contributed by atoms with E-state index >= 15 is 0 Å². The number of rotatable bonds is 7. The molecule has 1 atom stereocenters. The molecule has 0 saturated carbocycles. The first kappa shape index (κ1) is 19.9. The monoisotopic (exact) mass is 393 g/mol. The summed E-state index contributed by atoms with van der Waals surface area (Å²) in [6, 6.07) is 17.6. The molecule has 0 saturated heterocycles. The quantitative estimate of drug-likeness (QED) is 0.568. The molecule has 2 aromatic carbocycles. The van der Waals surface area contributed by atoms with Gasteiger partial charge in [-0.1, -0.05) is 54.6 Å². The van der Waals surface area contributed by atoms with Crippen molar-refractivity contribution in [1.82, 2.24) is 5.32 Å². The van der Waals surface area contributed by atoms with E-state index in [0.29, 0.717) is 0 Å². The summed E-state index contributed by atoms with van der Waals surface area (Å²) in [7, 11) is 0. The van der Waals surface area contributed by atoms with Crippen molar-refractivity contribution < 1.29 is 24.2 Å². The van der Waals surface area contributed by atoms with E-state index in [9.17, 15) is 19.5 Å². The Labute approximate surface area is 166 Å². The Morgan fingerprint density at radius 1 is 1.00 bits per heavy atom. The van der Waals surface area contributed by atoms with Crippen molar-refractivity contribution in [3.63, 3.8) is 0 Å². The van der Waals surface area contributed by atoms with Crippen molar-refractivity contribution in [2.24, 2.45) is 0 Å². The number of amides is 1. The van der Waals surface area contributed by atoms with Crippen LogP contribution >= 0.6 is 0 Å². The largest absolute Gasteiger partial charge is 0.502 e. The Hall–Kier alpha value is -3.87. The fourth-order valence-corrected chi connectivity index (χ4v) is 2.91. The third-order valence-corrected chi connectivity index (χ3v) is 4.34. The summed E-state index contributed by atoms with van der Waals surface area (Å²) in [5, 5.41) is 20.9. The maximum absolute atomic E-state index is 12.3. The number of hydrogen-bond donors (Lipinski definition) is 3. The van der Waals surface area contributed by atoms with Crippen molar-refractivity contribution in [3.05, 3.63) is 88.5 Å². The number of aromatic hydroxyl groups is 1. The second-order valence-electron chi connectivity index (χ2n) is 6.53. The van der Waals surface area contributed by atoms with Crippen LogP contribution in [0, 0.1) is 0 Å². The molecule has 3 aromatic rings. The minimum absolute atomic E-state index is 0.287. The normalized spacial score (nSPS) is 11.6. The van der Waals surface area contributed by atoms with Crippen LogP contribution in [0.4, 0.5) is 0 Å². The molecule has 148 valence electrons. The number of hydrogen-bond acceptors (Lipinski definition) is 5. The molecule has 7 heteroatoms. The van der Waals surface area contributed by atoms with E-state index in [2.05, 4.69) is 5.32 Å². The van der Waals surface area contributed by atoms with Gasteiger partial charge in [0.15, 0.2) is 11.5 Å². The fraction of sp³-hybridized carbons (Fsp3) is 0.136. The Kier molecular flexibility index (Phi) is 6.09. The van der Waals surface area contributed by atoms with Gasteiger partial charge in [0, 0.05) is 12.1 Å². The van der Waals surface area contributed by atoms with Crippen LogP contribution in [0.25, 0.3) is 11.1 Å². The second-order valence-corrected chi connectivity index (χ2v) is 6.53. The molecule has 1 amide bonds. The first-order chi connectivity index (χ1) is 13.9. The highest BCUT2D eigenvalue weighted by atomic mass is 16.4. The van der Waals surface area contributed by atoms with Gasteiger partial charge in [0.1, 0.15) is 6.26 Å². The smallest absolute Gasteiger partial charge is 0.305 e. The first-order valence-corrected chi connectivity index (χ1v) is 8.91. The van der Waals surface area contributed by atoms with Crippen LogP contribution in [0.3, 0.4) is 0 Å². The van der Waals surface area contributed by atoms with E-state index in [0.717, 1.165) is 29.0 Å². The van der Waals surface area contributed by atoms with Crippen LogP contribution in [0.5, 0.6) is 5.75 Å². The van der Waals surface area contributed by atoms with Crippen LogP contribution in [0.1, 0.15) is 22.5 Å². The molecule has 0 spiro atoms. The topological polar surface area (TPSA) is 117 Å². The standard InChI is InChI=1S/C22H19NO6/c24-18-12-20(29-13-19(18)25)22(28)23-17(11-21(26)27)10-14-6-8-16(9-7-14)15-4-2-1-3-5-15/h1-9,12-13,17,25H,10-11H2,(H,23,28)(H,26,27)/t17-/m1/s1. The SMILES string of the molecule is O=C(O)C[C@@H](Cc1ccc(-c2ccccc2)cc1)NC(=O)c1cc(=O)c(O)co1. The summed E-state index contributed by atoms with van der Waals surface area (Å²) in [4.78, 5) is 35.0. The summed E-state index contributed by atoms with van der Waals surface area (Å²) in [6.07, 6.45) is 0.760. The van der Waals surface area contributed by atoms with Crippen LogP contribution in [-0.4, -0.2) is 28.1 Å². The minimum Gasteiger partial charge on any atom is -0.502 e. The number of carboxylic acid groups (broad SMARTS) is 1. The number of carbonyl (C=O) groups is 2. The molecule has 0 aliphatic carbocycles. The zero-order chi connectivity index (χ0) is 20.8. The van der Waals surface area contributed by atoms with Crippen LogP contribution < -0.4 is 10.7 Å². The lowest BCUT2D eigenvalue weighted by Gasteiger charge is -2.17. The van der Waals surface area contributed by atoms with Gasteiger partial charge in [-0.25, -0.2) is 0 Å². The predicted octanol–water partition coefficient (Wildman–Crippen LogP) is 2.83. The number of carbonyl (C=O) groups excluding carboxylic acids is 1. The average Bonchev–Trinajstić information content (AvgIpc) is 2.70. The van der Waals surface area contributed by atoms with Crippen molar-refractivity contribution in [2.45, 2.75) is 18.9 Å². The molecule has 3 N–H and O–H groups in total. The predicted molar refractivity (Wildman–Crippen MR) is 106 cm³/mol. The maximum Gasteiger partial charge on any atom is 0.305 e. The number of carboxylic acids is 1. The Morgan fingerprint density at radius 3 is 2.28 bits per heavy atom. The molecule has 0 unspecified atom stereocenters. The molecular formula is C22H19NO6. The van der Waals surface area contributed by atoms with Crippen molar-refractivity contribution in [1.29, 1.82) is 0 Å². The minimum atomic E-state index is -1.07. The molecule has 0 aliphatic heterocycles. The molecular weight excluding hydrogens is 374 g/mol. The van der Waals surface area contributed by atoms with Crippen molar-refractivity contribution >= 4 is 11.9 Å². The third kappa shape index (κ3) is 5.32. The van der Waals surface area contributed by atoms with E-state index in [1.807, 2.05) is 54.6 Å². The molecule has 0 fully saturated rings. The molecule has 1 aromatic heterocycles. The number of nitrogens with one attached hydrogen (secondary N) is 1. The van der Waals surface area contributed by atoms with Gasteiger partial charge < -0.3 is 19.9 Å². The Balaban J connectivity index is 1.73. The Bertz CT molecular complexity index is 1060. The molecule has 3 rings (SSSR count). The van der Waals surface area contributed by atoms with Gasteiger partial charge in [-0.3, -0.25) is 14.4 Å². The molecule has 0 aliphatic rings. The molecule has 0 bridgehead atoms. The summed E-state index contributed by atoms with van der Waals surface area (Å²) in [5.74, 6) is -2.71. The first-order valence-electron chi connectivity index (χ1n) is 8.91. The fourth-order valence-electron chi connectivity index (χ4n) is 2.91.